The van der Waals surface area contributed by atoms with Gasteiger partial charge in [-0.25, -0.2) is 0 Å². The molecule has 30 heavy (non-hydrogen) atoms. The molecular weight excluding hydrogens is 499 g/mol. The van der Waals surface area contributed by atoms with Crippen molar-refractivity contribution in [1.82, 2.24) is 16.0 Å². The first-order valence-electron chi connectivity index (χ1n) is 10.1. The van der Waals surface area contributed by atoms with Crippen molar-refractivity contribution in [3.63, 3.8) is 0 Å². The third-order valence-electron chi connectivity index (χ3n) is 5.02. The van der Waals surface area contributed by atoms with Crippen LogP contribution in [-0.4, -0.2) is 52.8 Å². The average Bonchev–Trinajstić information content (AvgIpc) is 2.75. The number of aliphatic imine (C=N–C) groups is 1. The van der Waals surface area contributed by atoms with Crippen LogP contribution in [0, 0.1) is 0 Å². The minimum absolute atomic E-state index is 0. The Kier molecular flexibility index (Phi) is 12.3. The van der Waals surface area contributed by atoms with E-state index in [-0.39, 0.29) is 29.9 Å². The summed E-state index contributed by atoms with van der Waals surface area (Å²) in [5.74, 6) is 2.48. The van der Waals surface area contributed by atoms with Crippen LogP contribution in [0.5, 0.6) is 17.2 Å². The summed E-state index contributed by atoms with van der Waals surface area (Å²) in [4.78, 5) is 16.3. The summed E-state index contributed by atoms with van der Waals surface area (Å²) in [7, 11) is 6.46. The molecule has 170 valence electrons. The highest BCUT2D eigenvalue weighted by atomic mass is 127. The summed E-state index contributed by atoms with van der Waals surface area (Å²) < 4.78 is 16.1. The molecule has 0 bridgehead atoms. The van der Waals surface area contributed by atoms with Crippen LogP contribution < -0.4 is 30.2 Å². The quantitative estimate of drug-likeness (QED) is 0.257. The molecule has 1 aromatic carbocycles. The molecule has 0 aliphatic heterocycles. The van der Waals surface area contributed by atoms with Crippen molar-refractivity contribution >= 4 is 35.8 Å². The van der Waals surface area contributed by atoms with Gasteiger partial charge in [0.05, 0.1) is 21.3 Å². The fraction of sp³-hybridized carbons (Fsp3) is 0.619. The molecule has 1 amide bonds. The Balaban J connectivity index is 0.00000450. The molecule has 0 heterocycles. The summed E-state index contributed by atoms with van der Waals surface area (Å²) in [6, 6.07) is 4.12. The normalized spacial score (nSPS) is 14.3. The van der Waals surface area contributed by atoms with E-state index >= 15 is 0 Å². The second-order valence-corrected chi connectivity index (χ2v) is 7.04. The Morgan fingerprint density at radius 3 is 2.20 bits per heavy atom. The van der Waals surface area contributed by atoms with Crippen LogP contribution in [0.25, 0.3) is 0 Å². The molecule has 0 atom stereocenters. The number of guanidine groups is 1. The van der Waals surface area contributed by atoms with Gasteiger partial charge in [-0.1, -0.05) is 19.3 Å². The first kappa shape index (κ1) is 26.1. The van der Waals surface area contributed by atoms with E-state index in [1.54, 1.807) is 28.4 Å². The Labute approximate surface area is 196 Å². The second-order valence-electron chi connectivity index (χ2n) is 7.04. The van der Waals surface area contributed by atoms with Gasteiger partial charge in [0.2, 0.25) is 11.7 Å². The number of ether oxygens (including phenoxy) is 3. The number of nitrogens with one attached hydrogen (secondary N) is 3. The molecule has 8 nitrogen and oxygen atoms in total. The van der Waals surface area contributed by atoms with E-state index < -0.39 is 0 Å². The lowest BCUT2D eigenvalue weighted by atomic mass is 9.95. The van der Waals surface area contributed by atoms with Crippen molar-refractivity contribution in [1.29, 1.82) is 0 Å². The van der Waals surface area contributed by atoms with Crippen molar-refractivity contribution < 1.29 is 19.0 Å². The summed E-state index contributed by atoms with van der Waals surface area (Å²) >= 11 is 0. The van der Waals surface area contributed by atoms with Gasteiger partial charge in [0.15, 0.2) is 17.5 Å². The number of nitrogens with zero attached hydrogens (tertiary/aromatic N) is 1. The fourth-order valence-corrected chi connectivity index (χ4v) is 3.49. The summed E-state index contributed by atoms with van der Waals surface area (Å²) in [6.07, 6.45) is 6.30. The van der Waals surface area contributed by atoms with Gasteiger partial charge in [0, 0.05) is 32.6 Å². The van der Waals surface area contributed by atoms with Crippen LogP contribution in [0.1, 0.15) is 44.1 Å². The Bertz CT molecular complexity index is 669. The molecule has 0 radical (unpaired) electrons. The van der Waals surface area contributed by atoms with Gasteiger partial charge in [-0.05, 0) is 30.5 Å². The lowest BCUT2D eigenvalue weighted by Crippen LogP contribution is -2.41. The number of hydrogen-bond acceptors (Lipinski definition) is 5. The van der Waals surface area contributed by atoms with E-state index in [1.165, 1.54) is 19.3 Å². The minimum Gasteiger partial charge on any atom is -0.493 e. The van der Waals surface area contributed by atoms with Gasteiger partial charge in [-0.2, -0.15) is 0 Å². The smallest absolute Gasteiger partial charge is 0.221 e. The SMILES string of the molecule is CN=C(NCCC(=O)NC1CCCCC1)NCc1cc(OC)c(OC)c(OC)c1.I. The Morgan fingerprint density at radius 2 is 1.67 bits per heavy atom. The summed E-state index contributed by atoms with van der Waals surface area (Å²) in [5.41, 5.74) is 0.956. The van der Waals surface area contributed by atoms with E-state index in [0.29, 0.717) is 48.8 Å². The van der Waals surface area contributed by atoms with Gasteiger partial charge in [0.25, 0.3) is 0 Å². The Hall–Kier alpha value is -1.91. The number of methoxy groups -OCH3 is 3. The molecule has 2 rings (SSSR count). The summed E-state index contributed by atoms with van der Waals surface area (Å²) in [5, 5.41) is 9.54. The largest absolute Gasteiger partial charge is 0.493 e. The van der Waals surface area contributed by atoms with Crippen LogP contribution in [0.15, 0.2) is 17.1 Å². The highest BCUT2D eigenvalue weighted by Crippen LogP contribution is 2.38. The highest BCUT2D eigenvalue weighted by molar-refractivity contribution is 14.0. The van der Waals surface area contributed by atoms with Gasteiger partial charge < -0.3 is 30.2 Å². The van der Waals surface area contributed by atoms with Crippen molar-refractivity contribution in [2.45, 2.75) is 51.1 Å². The van der Waals surface area contributed by atoms with E-state index in [2.05, 4.69) is 20.9 Å². The third kappa shape index (κ3) is 8.08. The number of hydrogen-bond donors (Lipinski definition) is 3. The molecular formula is C21H35IN4O4. The highest BCUT2D eigenvalue weighted by Gasteiger charge is 2.16. The first-order valence-corrected chi connectivity index (χ1v) is 10.1. The van der Waals surface area contributed by atoms with Crippen molar-refractivity contribution in [2.24, 2.45) is 4.99 Å². The molecule has 1 aromatic rings. The number of amides is 1. The predicted octanol–water partition coefficient (Wildman–Crippen LogP) is 2.83. The maximum atomic E-state index is 12.1. The maximum absolute atomic E-state index is 12.1. The molecule has 1 saturated carbocycles. The van der Waals surface area contributed by atoms with Crippen molar-refractivity contribution in [3.8, 4) is 17.2 Å². The lowest BCUT2D eigenvalue weighted by Gasteiger charge is -2.22. The third-order valence-corrected chi connectivity index (χ3v) is 5.02. The molecule has 0 saturated heterocycles. The van der Waals surface area contributed by atoms with E-state index in [0.717, 1.165) is 18.4 Å². The van der Waals surface area contributed by atoms with Crippen LogP contribution in [0.2, 0.25) is 0 Å². The van der Waals surface area contributed by atoms with Gasteiger partial charge >= 0.3 is 0 Å². The van der Waals surface area contributed by atoms with Gasteiger partial charge in [0.1, 0.15) is 0 Å². The summed E-state index contributed by atoms with van der Waals surface area (Å²) in [6.45, 7) is 1.04. The first-order chi connectivity index (χ1) is 14.1. The topological polar surface area (TPSA) is 93.2 Å². The van der Waals surface area contributed by atoms with Crippen LogP contribution in [-0.2, 0) is 11.3 Å². The van der Waals surface area contributed by atoms with E-state index in [4.69, 9.17) is 14.2 Å². The second kappa shape index (κ2) is 14.2. The van der Waals surface area contributed by atoms with E-state index in [9.17, 15) is 4.79 Å². The Morgan fingerprint density at radius 1 is 1.03 bits per heavy atom. The number of carbonyl (C=O) groups excluding carboxylic acids is 1. The van der Waals surface area contributed by atoms with Crippen LogP contribution in [0.4, 0.5) is 0 Å². The number of carbonyl (C=O) groups is 1. The van der Waals surface area contributed by atoms with E-state index in [1.807, 2.05) is 12.1 Å². The molecule has 1 aliphatic carbocycles. The van der Waals surface area contributed by atoms with Gasteiger partial charge in [-0.15, -0.1) is 24.0 Å². The molecule has 1 aliphatic rings. The average molecular weight is 534 g/mol. The zero-order valence-corrected chi connectivity index (χ0v) is 20.7. The van der Waals surface area contributed by atoms with Crippen molar-refractivity contribution in [3.05, 3.63) is 17.7 Å². The number of rotatable bonds is 9. The van der Waals surface area contributed by atoms with Gasteiger partial charge in [-0.3, -0.25) is 9.79 Å². The molecule has 1 fully saturated rings. The van der Waals surface area contributed by atoms with Crippen LogP contribution in [0.3, 0.4) is 0 Å². The number of benzene rings is 1. The molecule has 3 N–H and O–H groups in total. The maximum Gasteiger partial charge on any atom is 0.221 e. The molecule has 0 aromatic heterocycles. The zero-order valence-electron chi connectivity index (χ0n) is 18.4. The molecule has 9 heteroatoms. The zero-order chi connectivity index (χ0) is 21.1. The molecule has 0 unspecified atom stereocenters. The predicted molar refractivity (Wildman–Crippen MR) is 129 cm³/mol. The lowest BCUT2D eigenvalue weighted by molar-refractivity contribution is -0.121. The fourth-order valence-electron chi connectivity index (χ4n) is 3.49. The molecule has 0 spiro atoms. The minimum atomic E-state index is 0. The van der Waals surface area contributed by atoms with Crippen LogP contribution >= 0.6 is 24.0 Å². The monoisotopic (exact) mass is 534 g/mol. The number of halogens is 1. The van der Waals surface area contributed by atoms with Crippen molar-refractivity contribution in [2.75, 3.05) is 34.9 Å². The standard InChI is InChI=1S/C21H34N4O4.HI/c1-22-21(23-11-10-19(26)25-16-8-6-5-7-9-16)24-14-15-12-17(27-2)20(29-4)18(13-15)28-3;/h12-13,16H,5-11,14H2,1-4H3,(H,25,26)(H2,22,23,24);1H.